The van der Waals surface area contributed by atoms with Gasteiger partial charge in [-0.3, -0.25) is 0 Å². The second-order valence-electron chi connectivity index (χ2n) is 5.25. The minimum absolute atomic E-state index is 1.11. The lowest BCUT2D eigenvalue weighted by atomic mass is 9.96. The molecule has 2 aromatic rings. The highest BCUT2D eigenvalue weighted by molar-refractivity contribution is 5.69. The van der Waals surface area contributed by atoms with Crippen LogP contribution in [-0.4, -0.2) is 0 Å². The van der Waals surface area contributed by atoms with Gasteiger partial charge in [0.1, 0.15) is 0 Å². The maximum atomic E-state index is 3.98. The van der Waals surface area contributed by atoms with Crippen LogP contribution in [0.4, 0.5) is 0 Å². The molecule has 0 saturated carbocycles. The molecule has 0 atom stereocenters. The second kappa shape index (κ2) is 5.88. The van der Waals surface area contributed by atoms with Crippen molar-refractivity contribution in [3.8, 4) is 11.1 Å². The summed E-state index contributed by atoms with van der Waals surface area (Å²) < 4.78 is 0. The summed E-state index contributed by atoms with van der Waals surface area (Å²) in [7, 11) is 0. The lowest BCUT2D eigenvalue weighted by Crippen LogP contribution is -1.90. The minimum Gasteiger partial charge on any atom is -0.0955 e. The fourth-order valence-corrected chi connectivity index (χ4v) is 2.34. The van der Waals surface area contributed by atoms with Crippen LogP contribution < -0.4 is 0 Å². The molecule has 0 fully saturated rings. The first-order valence-electron chi connectivity index (χ1n) is 6.97. The van der Waals surface area contributed by atoms with Gasteiger partial charge in [-0.05, 0) is 48.1 Å². The van der Waals surface area contributed by atoms with Crippen molar-refractivity contribution in [2.75, 3.05) is 0 Å². The zero-order valence-electron chi connectivity index (χ0n) is 12.2. The van der Waals surface area contributed by atoms with E-state index in [0.29, 0.717) is 0 Å². The van der Waals surface area contributed by atoms with E-state index in [1.54, 1.807) is 0 Å². The lowest BCUT2D eigenvalue weighted by Gasteiger charge is -2.09. The van der Waals surface area contributed by atoms with E-state index < -0.39 is 0 Å². The van der Waals surface area contributed by atoms with Crippen molar-refractivity contribution in [1.82, 2.24) is 0 Å². The van der Waals surface area contributed by atoms with Crippen LogP contribution in [0.3, 0.4) is 0 Å². The van der Waals surface area contributed by atoms with Crippen LogP contribution in [0.15, 0.2) is 49.0 Å². The molecule has 0 nitrogen and oxygen atoms in total. The van der Waals surface area contributed by atoms with E-state index in [4.69, 9.17) is 0 Å². The van der Waals surface area contributed by atoms with Gasteiger partial charge in [0.25, 0.3) is 0 Å². The molecule has 0 radical (unpaired) electrons. The third-order valence-electron chi connectivity index (χ3n) is 3.58. The summed E-state index contributed by atoms with van der Waals surface area (Å²) in [5, 5.41) is 0. The van der Waals surface area contributed by atoms with Crippen molar-refractivity contribution in [3.05, 3.63) is 65.7 Å². The fraction of sp³-hybridized carbons (Fsp3) is 0.263. The predicted molar refractivity (Wildman–Crippen MR) is 85.3 cm³/mol. The zero-order chi connectivity index (χ0) is 13.8. The minimum atomic E-state index is 1.11. The molecular formula is C19H22. The van der Waals surface area contributed by atoms with E-state index in [-0.39, 0.29) is 0 Å². The van der Waals surface area contributed by atoms with Gasteiger partial charge in [-0.2, -0.15) is 0 Å². The molecule has 0 N–H and O–H groups in total. The zero-order valence-corrected chi connectivity index (χ0v) is 12.2. The molecule has 0 aliphatic heterocycles. The summed E-state index contributed by atoms with van der Waals surface area (Å²) in [5.41, 5.74) is 7.77. The number of aryl methyl sites for hydroxylation is 2. The summed E-state index contributed by atoms with van der Waals surface area (Å²) in [4.78, 5) is 0. The van der Waals surface area contributed by atoms with Crippen molar-refractivity contribution < 1.29 is 0 Å². The molecule has 19 heavy (non-hydrogen) atoms. The number of benzene rings is 2. The predicted octanol–water partition coefficient (Wildman–Crippen LogP) is 5.65. The summed E-state index contributed by atoms with van der Waals surface area (Å²) in [5.74, 6) is 0. The quantitative estimate of drug-likeness (QED) is 0.658. The summed E-state index contributed by atoms with van der Waals surface area (Å²) >= 11 is 0. The third kappa shape index (κ3) is 3.14. The number of rotatable bonds is 4. The van der Waals surface area contributed by atoms with Crippen LogP contribution in [0.25, 0.3) is 16.7 Å². The van der Waals surface area contributed by atoms with E-state index in [0.717, 1.165) is 12.0 Å². The Kier molecular flexibility index (Phi) is 4.21. The lowest BCUT2D eigenvalue weighted by molar-refractivity contribution is 0.913. The Morgan fingerprint density at radius 3 is 2.21 bits per heavy atom. The Morgan fingerprint density at radius 1 is 1.00 bits per heavy atom. The SMILES string of the molecule is C=C(C)c1ccc(-c2ccc(C)c(CCC)c2)cc1. The van der Waals surface area contributed by atoms with E-state index in [2.05, 4.69) is 62.9 Å². The Balaban J connectivity index is 2.35. The van der Waals surface area contributed by atoms with E-state index in [1.165, 1.54) is 34.2 Å². The van der Waals surface area contributed by atoms with Crippen LogP contribution >= 0.6 is 0 Å². The molecule has 0 unspecified atom stereocenters. The van der Waals surface area contributed by atoms with Gasteiger partial charge >= 0.3 is 0 Å². The first kappa shape index (κ1) is 13.6. The number of allylic oxidation sites excluding steroid dienone is 1. The Bertz CT molecular complexity index is 573. The second-order valence-corrected chi connectivity index (χ2v) is 5.25. The van der Waals surface area contributed by atoms with Crippen LogP contribution in [0.2, 0.25) is 0 Å². The summed E-state index contributed by atoms with van der Waals surface area (Å²) in [6.45, 7) is 10.4. The van der Waals surface area contributed by atoms with E-state index in [9.17, 15) is 0 Å². The smallest absolute Gasteiger partial charge is 0.0181 e. The normalized spacial score (nSPS) is 10.5. The molecular weight excluding hydrogens is 228 g/mol. The first-order valence-corrected chi connectivity index (χ1v) is 6.97. The molecule has 0 saturated heterocycles. The highest BCUT2D eigenvalue weighted by Gasteiger charge is 2.03. The van der Waals surface area contributed by atoms with E-state index in [1.807, 2.05) is 6.92 Å². The molecule has 0 aliphatic carbocycles. The summed E-state index contributed by atoms with van der Waals surface area (Å²) in [6, 6.07) is 15.4. The molecule has 0 spiro atoms. The van der Waals surface area contributed by atoms with Gasteiger partial charge in [-0.1, -0.05) is 68.0 Å². The highest BCUT2D eigenvalue weighted by Crippen LogP contribution is 2.24. The molecule has 98 valence electrons. The fourth-order valence-electron chi connectivity index (χ4n) is 2.34. The largest absolute Gasteiger partial charge is 0.0955 e. The van der Waals surface area contributed by atoms with Crippen molar-refractivity contribution in [2.45, 2.75) is 33.6 Å². The van der Waals surface area contributed by atoms with E-state index >= 15 is 0 Å². The third-order valence-corrected chi connectivity index (χ3v) is 3.58. The van der Waals surface area contributed by atoms with Crippen LogP contribution in [0.5, 0.6) is 0 Å². The van der Waals surface area contributed by atoms with Gasteiger partial charge < -0.3 is 0 Å². The maximum absolute atomic E-state index is 3.98. The maximum Gasteiger partial charge on any atom is -0.0181 e. The molecule has 0 aromatic heterocycles. The molecule has 0 amide bonds. The summed E-state index contributed by atoms with van der Waals surface area (Å²) in [6.07, 6.45) is 2.35. The molecule has 0 bridgehead atoms. The molecule has 2 aromatic carbocycles. The van der Waals surface area contributed by atoms with Crippen LogP contribution in [0.1, 0.15) is 37.0 Å². The standard InChI is InChI=1S/C19H22/c1-5-6-18-13-19(8-7-15(18)4)17-11-9-16(10-12-17)14(2)3/h7-13H,2,5-6H2,1,3-4H3. The van der Waals surface area contributed by atoms with Crippen molar-refractivity contribution >= 4 is 5.57 Å². The Hall–Kier alpha value is -1.82. The molecule has 0 heterocycles. The number of hydrogen-bond acceptors (Lipinski definition) is 0. The number of hydrogen-bond donors (Lipinski definition) is 0. The first-order chi connectivity index (χ1) is 9.11. The van der Waals surface area contributed by atoms with Gasteiger partial charge in [-0.25, -0.2) is 0 Å². The van der Waals surface area contributed by atoms with Crippen LogP contribution in [0, 0.1) is 6.92 Å². The van der Waals surface area contributed by atoms with Crippen molar-refractivity contribution in [1.29, 1.82) is 0 Å². The Morgan fingerprint density at radius 2 is 1.63 bits per heavy atom. The molecule has 0 aliphatic rings. The van der Waals surface area contributed by atoms with Crippen LogP contribution in [-0.2, 0) is 6.42 Å². The van der Waals surface area contributed by atoms with Gasteiger partial charge in [0.15, 0.2) is 0 Å². The average Bonchev–Trinajstić information content (AvgIpc) is 2.41. The average molecular weight is 250 g/mol. The van der Waals surface area contributed by atoms with Gasteiger partial charge in [0.05, 0.1) is 0 Å². The van der Waals surface area contributed by atoms with Crippen molar-refractivity contribution in [3.63, 3.8) is 0 Å². The molecule has 0 heteroatoms. The monoisotopic (exact) mass is 250 g/mol. The van der Waals surface area contributed by atoms with Gasteiger partial charge in [-0.15, -0.1) is 0 Å². The van der Waals surface area contributed by atoms with Gasteiger partial charge in [0.2, 0.25) is 0 Å². The van der Waals surface area contributed by atoms with Gasteiger partial charge in [0, 0.05) is 0 Å². The van der Waals surface area contributed by atoms with Crippen molar-refractivity contribution in [2.24, 2.45) is 0 Å². The highest BCUT2D eigenvalue weighted by atomic mass is 14.1. The molecule has 2 rings (SSSR count). The Labute approximate surface area is 116 Å². The topological polar surface area (TPSA) is 0 Å².